The Hall–Kier alpha value is -0.300. The maximum atomic E-state index is 10.5. The first-order valence-corrected chi connectivity index (χ1v) is 5.80. The average Bonchev–Trinajstić information content (AvgIpc) is 2.59. The highest BCUT2D eigenvalue weighted by Gasteiger charge is 2.46. The largest absolute Gasteiger partial charge is 0.389 e. The summed E-state index contributed by atoms with van der Waals surface area (Å²) in [6, 6.07) is 0. The lowest BCUT2D eigenvalue weighted by molar-refractivity contribution is -0.00278. The summed E-state index contributed by atoms with van der Waals surface area (Å²) in [5.74, 6) is 1.12. The van der Waals surface area contributed by atoms with Gasteiger partial charge >= 0.3 is 0 Å². The SMILES string of the molecule is CC(C)(C)CCC1(O)CC2C=CC1C2. The molecule has 3 unspecified atom stereocenters. The Morgan fingerprint density at radius 3 is 2.50 bits per heavy atom. The second-order valence-corrected chi connectivity index (χ2v) is 6.36. The van der Waals surface area contributed by atoms with Crippen molar-refractivity contribution in [2.75, 3.05) is 0 Å². The summed E-state index contributed by atoms with van der Waals surface area (Å²) in [6.45, 7) is 6.75. The van der Waals surface area contributed by atoms with Crippen LogP contribution in [-0.2, 0) is 0 Å². The van der Waals surface area contributed by atoms with Crippen LogP contribution in [0.4, 0.5) is 0 Å². The van der Waals surface area contributed by atoms with Crippen molar-refractivity contribution in [3.63, 3.8) is 0 Å². The smallest absolute Gasteiger partial charge is 0.0716 e. The van der Waals surface area contributed by atoms with Crippen LogP contribution in [0.15, 0.2) is 12.2 Å². The van der Waals surface area contributed by atoms with E-state index in [2.05, 4.69) is 32.9 Å². The quantitative estimate of drug-likeness (QED) is 0.670. The van der Waals surface area contributed by atoms with E-state index in [1.54, 1.807) is 0 Å². The van der Waals surface area contributed by atoms with Crippen molar-refractivity contribution in [1.82, 2.24) is 0 Å². The Morgan fingerprint density at radius 1 is 1.36 bits per heavy atom. The van der Waals surface area contributed by atoms with E-state index in [0.29, 0.717) is 17.3 Å². The molecule has 3 atom stereocenters. The van der Waals surface area contributed by atoms with E-state index in [1.807, 2.05) is 0 Å². The first-order chi connectivity index (χ1) is 6.39. The van der Waals surface area contributed by atoms with Gasteiger partial charge in [-0.15, -0.1) is 0 Å². The van der Waals surface area contributed by atoms with E-state index in [4.69, 9.17) is 0 Å². The average molecular weight is 194 g/mol. The molecule has 0 saturated heterocycles. The minimum Gasteiger partial charge on any atom is -0.389 e. The van der Waals surface area contributed by atoms with Crippen molar-refractivity contribution >= 4 is 0 Å². The zero-order chi connectivity index (χ0) is 10.4. The first kappa shape index (κ1) is 10.2. The lowest BCUT2D eigenvalue weighted by atomic mass is 9.79. The molecular weight excluding hydrogens is 172 g/mol. The molecule has 2 rings (SSSR count). The molecule has 14 heavy (non-hydrogen) atoms. The third-order valence-corrected chi connectivity index (χ3v) is 3.79. The van der Waals surface area contributed by atoms with E-state index >= 15 is 0 Å². The van der Waals surface area contributed by atoms with Crippen LogP contribution in [0.5, 0.6) is 0 Å². The molecule has 0 heterocycles. The molecule has 1 nitrogen and oxygen atoms in total. The lowest BCUT2D eigenvalue weighted by Gasteiger charge is -2.32. The molecule has 1 heteroatoms. The monoisotopic (exact) mass is 194 g/mol. The van der Waals surface area contributed by atoms with Gasteiger partial charge in [0.25, 0.3) is 0 Å². The number of allylic oxidation sites excluding steroid dienone is 1. The van der Waals surface area contributed by atoms with Crippen LogP contribution < -0.4 is 0 Å². The topological polar surface area (TPSA) is 20.2 Å². The van der Waals surface area contributed by atoms with Crippen molar-refractivity contribution in [3.8, 4) is 0 Å². The second kappa shape index (κ2) is 3.10. The highest BCUT2D eigenvalue weighted by molar-refractivity contribution is 5.16. The van der Waals surface area contributed by atoms with Crippen LogP contribution in [-0.4, -0.2) is 10.7 Å². The number of rotatable bonds is 2. The summed E-state index contributed by atoms with van der Waals surface area (Å²) in [4.78, 5) is 0. The van der Waals surface area contributed by atoms with Crippen molar-refractivity contribution in [2.45, 2.75) is 52.1 Å². The molecule has 1 N–H and O–H groups in total. The Balaban J connectivity index is 1.95. The van der Waals surface area contributed by atoms with Crippen molar-refractivity contribution in [2.24, 2.45) is 17.3 Å². The minimum atomic E-state index is -0.368. The van der Waals surface area contributed by atoms with Crippen molar-refractivity contribution < 1.29 is 5.11 Å². The van der Waals surface area contributed by atoms with E-state index < -0.39 is 0 Å². The number of aliphatic hydroxyl groups is 1. The maximum absolute atomic E-state index is 10.5. The van der Waals surface area contributed by atoms with Crippen LogP contribution in [0.2, 0.25) is 0 Å². The van der Waals surface area contributed by atoms with Crippen LogP contribution in [0, 0.1) is 17.3 Å². The van der Waals surface area contributed by atoms with Gasteiger partial charge < -0.3 is 5.11 Å². The molecule has 0 aromatic heterocycles. The van der Waals surface area contributed by atoms with Gasteiger partial charge in [0.2, 0.25) is 0 Å². The fourth-order valence-electron chi connectivity index (χ4n) is 2.81. The van der Waals surface area contributed by atoms with Crippen LogP contribution in [0.1, 0.15) is 46.5 Å². The zero-order valence-corrected chi connectivity index (χ0v) is 9.59. The molecule has 0 spiro atoms. The molecule has 0 aromatic rings. The van der Waals surface area contributed by atoms with Crippen molar-refractivity contribution in [3.05, 3.63) is 12.2 Å². The van der Waals surface area contributed by atoms with Crippen molar-refractivity contribution in [1.29, 1.82) is 0 Å². The molecule has 2 bridgehead atoms. The molecule has 1 fully saturated rings. The van der Waals surface area contributed by atoms with Crippen LogP contribution in [0.3, 0.4) is 0 Å². The first-order valence-electron chi connectivity index (χ1n) is 5.80. The van der Waals surface area contributed by atoms with Crippen LogP contribution >= 0.6 is 0 Å². The van der Waals surface area contributed by atoms with E-state index in [-0.39, 0.29) is 5.60 Å². The molecule has 0 amide bonds. The Bertz CT molecular complexity index is 248. The van der Waals surface area contributed by atoms with Crippen LogP contribution in [0.25, 0.3) is 0 Å². The van der Waals surface area contributed by atoms with E-state index in [1.165, 1.54) is 6.42 Å². The van der Waals surface area contributed by atoms with Gasteiger partial charge in [0.15, 0.2) is 0 Å². The molecule has 80 valence electrons. The molecule has 1 saturated carbocycles. The molecule has 0 aliphatic heterocycles. The Kier molecular flexibility index (Phi) is 2.26. The van der Waals surface area contributed by atoms with Gasteiger partial charge in [-0.1, -0.05) is 32.9 Å². The molecule has 0 aromatic carbocycles. The Labute approximate surface area is 87.2 Å². The number of fused-ring (bicyclic) bond motifs is 2. The summed E-state index contributed by atoms with van der Waals surface area (Å²) >= 11 is 0. The number of hydrogen-bond acceptors (Lipinski definition) is 1. The summed E-state index contributed by atoms with van der Waals surface area (Å²) < 4.78 is 0. The minimum absolute atomic E-state index is 0.348. The normalized spacial score (nSPS) is 40.9. The maximum Gasteiger partial charge on any atom is 0.0716 e. The van der Waals surface area contributed by atoms with Gasteiger partial charge in [-0.25, -0.2) is 0 Å². The van der Waals surface area contributed by atoms with Gasteiger partial charge in [-0.2, -0.15) is 0 Å². The molecule has 2 aliphatic rings. The fraction of sp³-hybridized carbons (Fsp3) is 0.846. The third-order valence-electron chi connectivity index (χ3n) is 3.79. The van der Waals surface area contributed by atoms with Gasteiger partial charge in [0, 0.05) is 5.92 Å². The van der Waals surface area contributed by atoms with Gasteiger partial charge in [0.1, 0.15) is 0 Å². The van der Waals surface area contributed by atoms with Gasteiger partial charge in [0.05, 0.1) is 5.60 Å². The number of hydrogen-bond donors (Lipinski definition) is 1. The van der Waals surface area contributed by atoms with Gasteiger partial charge in [-0.05, 0) is 37.0 Å². The summed E-state index contributed by atoms with van der Waals surface area (Å²) in [5.41, 5.74) is -0.0199. The Morgan fingerprint density at radius 2 is 2.07 bits per heavy atom. The zero-order valence-electron chi connectivity index (χ0n) is 9.59. The fourth-order valence-corrected chi connectivity index (χ4v) is 2.81. The summed E-state index contributed by atoms with van der Waals surface area (Å²) in [5, 5.41) is 10.5. The molecule has 2 aliphatic carbocycles. The molecular formula is C13H22O. The predicted molar refractivity (Wildman–Crippen MR) is 59.0 cm³/mol. The molecule has 0 radical (unpaired) electrons. The van der Waals surface area contributed by atoms with E-state index in [0.717, 1.165) is 19.3 Å². The lowest BCUT2D eigenvalue weighted by Crippen LogP contribution is -2.34. The second-order valence-electron chi connectivity index (χ2n) is 6.36. The highest BCUT2D eigenvalue weighted by atomic mass is 16.3. The standard InChI is InChI=1S/C13H22O/c1-12(2,3)6-7-13(14)9-10-4-5-11(13)8-10/h4-5,10-11,14H,6-9H2,1-3H3. The highest BCUT2D eigenvalue weighted by Crippen LogP contribution is 2.49. The summed E-state index contributed by atoms with van der Waals surface area (Å²) in [7, 11) is 0. The third kappa shape index (κ3) is 1.88. The van der Waals surface area contributed by atoms with Gasteiger partial charge in [-0.3, -0.25) is 0 Å². The predicted octanol–water partition coefficient (Wildman–Crippen LogP) is 3.14. The summed E-state index contributed by atoms with van der Waals surface area (Å²) in [6.07, 6.45) is 8.82. The van der Waals surface area contributed by atoms with E-state index in [9.17, 15) is 5.11 Å².